The zero-order valence-electron chi connectivity index (χ0n) is 17.3. The van der Waals surface area contributed by atoms with Crippen LogP contribution < -0.4 is 16.2 Å². The number of rotatable bonds is 2. The number of ether oxygens (including phenoxy) is 1. The van der Waals surface area contributed by atoms with Gasteiger partial charge in [0.25, 0.3) is 5.91 Å². The molecule has 1 aliphatic heterocycles. The Morgan fingerprint density at radius 3 is 2.52 bits per heavy atom. The van der Waals surface area contributed by atoms with E-state index in [1.54, 1.807) is 33.8 Å². The average molecular weight is 434 g/mol. The Morgan fingerprint density at radius 1 is 1.29 bits per heavy atom. The Balaban J connectivity index is 2.33. The highest BCUT2D eigenvalue weighted by Gasteiger charge is 2.45. The number of aromatic hydroxyl groups is 1. The molecule has 3 aromatic rings. The summed E-state index contributed by atoms with van der Waals surface area (Å²) in [7, 11) is 0. The van der Waals surface area contributed by atoms with Crippen LogP contribution in [0.25, 0.3) is 16.6 Å². The summed E-state index contributed by atoms with van der Waals surface area (Å²) in [5.41, 5.74) is 10.5. The largest absolute Gasteiger partial charge is 0.508 e. The number of nitrogens with two attached hydrogens (primary N) is 2. The first-order chi connectivity index (χ1) is 14.3. The van der Waals surface area contributed by atoms with Crippen LogP contribution >= 0.6 is 0 Å². The summed E-state index contributed by atoms with van der Waals surface area (Å²) in [6, 6.07) is 3.07. The molecule has 0 radical (unpaired) electrons. The number of anilines is 1. The number of aromatic nitrogens is 2. The Kier molecular flexibility index (Phi) is 4.22. The Morgan fingerprint density at radius 2 is 1.94 bits per heavy atom. The summed E-state index contributed by atoms with van der Waals surface area (Å²) in [6.45, 7) is 6.85. The summed E-state index contributed by atoms with van der Waals surface area (Å²) < 4.78 is 49.4. The number of hydrogen-bond donors (Lipinski definition) is 3. The molecule has 0 aliphatic carbocycles. The molecule has 3 heterocycles. The molecule has 5 N–H and O–H groups in total. The molecule has 164 valence electrons. The highest BCUT2D eigenvalue weighted by Crippen LogP contribution is 2.50. The molecule has 0 saturated heterocycles. The summed E-state index contributed by atoms with van der Waals surface area (Å²) in [4.78, 5) is 16.2. The van der Waals surface area contributed by atoms with Crippen molar-refractivity contribution >= 4 is 22.6 Å². The lowest BCUT2D eigenvalue weighted by Crippen LogP contribution is -2.21. The van der Waals surface area contributed by atoms with Crippen LogP contribution in [0.2, 0.25) is 0 Å². The lowest BCUT2D eigenvalue weighted by atomic mass is 9.90. The third-order valence-electron chi connectivity index (χ3n) is 5.66. The molecule has 1 aromatic carbocycles. The van der Waals surface area contributed by atoms with E-state index in [0.29, 0.717) is 16.8 Å². The van der Waals surface area contributed by atoms with Gasteiger partial charge in [0.1, 0.15) is 17.1 Å². The standard InChI is InChI=1S/C21H21F3N4O3/c1-8-5-6-10(29)9(2)13(8)28-14-11(12(18(28)25)19(26)30)16(21(22,23)24)27-17-15(14)31-7-20(17,3)4/h5-6,29H,7,25H2,1-4H3,(H2,26,30). The summed E-state index contributed by atoms with van der Waals surface area (Å²) in [5, 5.41) is 9.74. The molecule has 1 aliphatic rings. The highest BCUT2D eigenvalue weighted by molar-refractivity contribution is 6.14. The number of hydrogen-bond acceptors (Lipinski definition) is 5. The normalized spacial score (nSPS) is 15.2. The average Bonchev–Trinajstić information content (AvgIpc) is 3.11. The topological polar surface area (TPSA) is 116 Å². The minimum absolute atomic E-state index is 0.0500. The number of alkyl halides is 3. The maximum absolute atomic E-state index is 14.1. The maximum Gasteiger partial charge on any atom is 0.434 e. The molecule has 0 atom stereocenters. The Bertz CT molecular complexity index is 1280. The predicted octanol–water partition coefficient (Wildman–Crippen LogP) is 3.72. The van der Waals surface area contributed by atoms with Crippen molar-refractivity contribution in [3.05, 3.63) is 40.2 Å². The maximum atomic E-state index is 14.1. The summed E-state index contributed by atoms with van der Waals surface area (Å²) >= 11 is 0. The zero-order chi connectivity index (χ0) is 23.0. The number of aryl methyl sites for hydroxylation is 1. The van der Waals surface area contributed by atoms with Crippen molar-refractivity contribution in [1.29, 1.82) is 0 Å². The number of phenols is 1. The fourth-order valence-electron chi connectivity index (χ4n) is 4.14. The van der Waals surface area contributed by atoms with Crippen LogP contribution in [0.15, 0.2) is 12.1 Å². The lowest BCUT2D eigenvalue weighted by Gasteiger charge is -2.18. The third-order valence-corrected chi connectivity index (χ3v) is 5.66. The van der Waals surface area contributed by atoms with Gasteiger partial charge in [-0.3, -0.25) is 9.36 Å². The van der Waals surface area contributed by atoms with Gasteiger partial charge in [-0.2, -0.15) is 13.2 Å². The third kappa shape index (κ3) is 2.81. The van der Waals surface area contributed by atoms with Crippen LogP contribution in [0.5, 0.6) is 11.5 Å². The smallest absolute Gasteiger partial charge is 0.434 e. The fraction of sp³-hybridized carbons (Fsp3) is 0.333. The quantitative estimate of drug-likeness (QED) is 0.569. The molecular formula is C21H21F3N4O3. The second kappa shape index (κ2) is 6.29. The molecule has 10 heteroatoms. The number of nitrogens with zero attached hydrogens (tertiary/aromatic N) is 2. The number of primary amides is 1. The molecule has 0 fully saturated rings. The second-order valence-corrected chi connectivity index (χ2v) is 8.37. The van der Waals surface area contributed by atoms with Crippen LogP contribution in [0.3, 0.4) is 0 Å². The van der Waals surface area contributed by atoms with Crippen LogP contribution in [-0.2, 0) is 11.6 Å². The SMILES string of the molecule is Cc1ccc(O)c(C)c1-n1c(N)c(C(N)=O)c2c(C(F)(F)F)nc3c(c21)OCC3(C)C. The number of carbonyl (C=O) groups excluding carboxylic acids is 1. The number of amides is 1. The summed E-state index contributed by atoms with van der Waals surface area (Å²) in [6.07, 6.45) is -4.88. The van der Waals surface area contributed by atoms with E-state index in [0.717, 1.165) is 0 Å². The molecule has 1 amide bonds. The molecule has 4 rings (SSSR count). The minimum atomic E-state index is -4.88. The predicted molar refractivity (Wildman–Crippen MR) is 109 cm³/mol. The van der Waals surface area contributed by atoms with Crippen LogP contribution in [0.1, 0.15) is 46.7 Å². The number of benzene rings is 1. The molecule has 31 heavy (non-hydrogen) atoms. The van der Waals surface area contributed by atoms with E-state index < -0.39 is 34.1 Å². The molecule has 0 unspecified atom stereocenters. The molecule has 0 saturated carbocycles. The van der Waals surface area contributed by atoms with E-state index in [1.807, 2.05) is 0 Å². The van der Waals surface area contributed by atoms with Gasteiger partial charge in [-0.15, -0.1) is 0 Å². The van der Waals surface area contributed by atoms with Crippen molar-refractivity contribution in [3.63, 3.8) is 0 Å². The first kappa shape index (κ1) is 20.8. The van der Waals surface area contributed by atoms with Crippen molar-refractivity contribution in [1.82, 2.24) is 9.55 Å². The molecule has 0 spiro atoms. The van der Waals surface area contributed by atoms with E-state index in [9.17, 15) is 23.1 Å². The van der Waals surface area contributed by atoms with Gasteiger partial charge in [0.15, 0.2) is 11.4 Å². The Labute approximate surface area is 175 Å². The van der Waals surface area contributed by atoms with Crippen molar-refractivity contribution in [3.8, 4) is 17.2 Å². The van der Waals surface area contributed by atoms with Gasteiger partial charge in [-0.1, -0.05) is 19.9 Å². The van der Waals surface area contributed by atoms with Crippen LogP contribution in [0, 0.1) is 13.8 Å². The molecular weight excluding hydrogens is 413 g/mol. The molecule has 7 nitrogen and oxygen atoms in total. The molecule has 0 bridgehead atoms. The van der Waals surface area contributed by atoms with Gasteiger partial charge >= 0.3 is 6.18 Å². The van der Waals surface area contributed by atoms with Gasteiger partial charge in [-0.05, 0) is 25.5 Å². The Hall–Kier alpha value is -3.43. The van der Waals surface area contributed by atoms with Gasteiger partial charge in [-0.25, -0.2) is 4.98 Å². The fourth-order valence-corrected chi connectivity index (χ4v) is 4.14. The van der Waals surface area contributed by atoms with Crippen molar-refractivity contribution in [2.45, 2.75) is 39.3 Å². The molecule has 2 aromatic heterocycles. The number of halogens is 3. The van der Waals surface area contributed by atoms with Gasteiger partial charge < -0.3 is 21.3 Å². The second-order valence-electron chi connectivity index (χ2n) is 8.37. The first-order valence-electron chi connectivity index (χ1n) is 9.45. The number of phenolic OH excluding ortho intramolecular Hbond substituents is 1. The lowest BCUT2D eigenvalue weighted by molar-refractivity contribution is -0.139. The van der Waals surface area contributed by atoms with Crippen molar-refractivity contribution < 1.29 is 27.8 Å². The van der Waals surface area contributed by atoms with Gasteiger partial charge in [0.2, 0.25) is 0 Å². The number of nitrogen functional groups attached to an aromatic ring is 1. The highest BCUT2D eigenvalue weighted by atomic mass is 19.4. The van der Waals surface area contributed by atoms with E-state index >= 15 is 0 Å². The van der Waals surface area contributed by atoms with Gasteiger partial charge in [0, 0.05) is 16.4 Å². The van der Waals surface area contributed by atoms with E-state index in [1.165, 1.54) is 10.6 Å². The minimum Gasteiger partial charge on any atom is -0.508 e. The van der Waals surface area contributed by atoms with E-state index in [2.05, 4.69) is 4.98 Å². The monoisotopic (exact) mass is 434 g/mol. The number of carbonyl (C=O) groups is 1. The zero-order valence-corrected chi connectivity index (χ0v) is 17.3. The first-order valence-corrected chi connectivity index (χ1v) is 9.45. The van der Waals surface area contributed by atoms with Crippen LogP contribution in [0.4, 0.5) is 19.0 Å². The number of pyridine rings is 1. The summed E-state index contributed by atoms with van der Waals surface area (Å²) in [5.74, 6) is -1.38. The van der Waals surface area contributed by atoms with Gasteiger partial charge in [0.05, 0.1) is 23.6 Å². The van der Waals surface area contributed by atoms with Crippen LogP contribution in [-0.4, -0.2) is 27.2 Å². The van der Waals surface area contributed by atoms with E-state index in [4.69, 9.17) is 16.2 Å². The van der Waals surface area contributed by atoms with Crippen molar-refractivity contribution in [2.75, 3.05) is 12.3 Å². The number of fused-ring (bicyclic) bond motifs is 3. The van der Waals surface area contributed by atoms with Crippen molar-refractivity contribution in [2.24, 2.45) is 5.73 Å². The van der Waals surface area contributed by atoms with E-state index in [-0.39, 0.29) is 35.1 Å².